The van der Waals surface area contributed by atoms with Crippen LogP contribution in [-0.2, 0) is 38.0 Å². The summed E-state index contributed by atoms with van der Waals surface area (Å²) in [6, 6.07) is -3.56. The SMILES string of the molecule is COC(=O)c1cn(C(C(=O)OC)C(C(=O)OC)n2cc(C(=O)OC)c(C(=O)OC)n2)nc1C(=O)OC. The predicted molar refractivity (Wildman–Crippen MR) is 112 cm³/mol. The molecule has 194 valence electrons. The minimum absolute atomic E-state index is 0.396. The van der Waals surface area contributed by atoms with E-state index in [0.717, 1.165) is 64.4 Å². The van der Waals surface area contributed by atoms with Gasteiger partial charge in [-0.3, -0.25) is 9.36 Å². The number of ether oxygens (including phenoxy) is 6. The molecule has 0 aliphatic rings. The first kappa shape index (κ1) is 27.5. The number of esters is 6. The van der Waals surface area contributed by atoms with Gasteiger partial charge in [0.2, 0.25) is 0 Å². The Labute approximate surface area is 202 Å². The lowest BCUT2D eigenvalue weighted by atomic mass is 10.1. The van der Waals surface area contributed by atoms with Crippen LogP contribution in [0.4, 0.5) is 0 Å². The number of nitrogens with zero attached hydrogens (tertiary/aromatic N) is 4. The van der Waals surface area contributed by atoms with Crippen molar-refractivity contribution in [3.8, 4) is 0 Å². The number of methoxy groups -OCH3 is 6. The topological polar surface area (TPSA) is 193 Å². The quantitative estimate of drug-likeness (QED) is 0.305. The summed E-state index contributed by atoms with van der Waals surface area (Å²) in [5.74, 6) is -6.30. The van der Waals surface area contributed by atoms with Crippen molar-refractivity contribution < 1.29 is 57.2 Å². The molecule has 2 heterocycles. The maximum absolute atomic E-state index is 12.9. The smallest absolute Gasteiger partial charge is 0.359 e. The van der Waals surface area contributed by atoms with E-state index in [1.807, 2.05) is 0 Å². The molecule has 0 bridgehead atoms. The molecule has 0 amide bonds. The lowest BCUT2D eigenvalue weighted by Crippen LogP contribution is -2.37. The van der Waals surface area contributed by atoms with Gasteiger partial charge in [0, 0.05) is 12.4 Å². The summed E-state index contributed by atoms with van der Waals surface area (Å²) < 4.78 is 29.6. The average Bonchev–Trinajstić information content (AvgIpc) is 3.54. The van der Waals surface area contributed by atoms with Gasteiger partial charge in [-0.2, -0.15) is 10.2 Å². The van der Waals surface area contributed by atoms with Gasteiger partial charge < -0.3 is 28.4 Å². The zero-order valence-corrected chi connectivity index (χ0v) is 20.0. The fraction of sp³-hybridized carbons (Fsp3) is 0.400. The first-order valence-electron chi connectivity index (χ1n) is 9.77. The molecule has 2 unspecified atom stereocenters. The fourth-order valence-corrected chi connectivity index (χ4v) is 3.09. The third-order valence-corrected chi connectivity index (χ3v) is 4.79. The third-order valence-electron chi connectivity index (χ3n) is 4.79. The number of aromatic nitrogens is 4. The van der Waals surface area contributed by atoms with Crippen LogP contribution in [0.1, 0.15) is 53.8 Å². The van der Waals surface area contributed by atoms with Gasteiger partial charge in [0.1, 0.15) is 11.1 Å². The van der Waals surface area contributed by atoms with Crippen molar-refractivity contribution in [3.05, 3.63) is 34.9 Å². The molecule has 0 aromatic carbocycles. The Balaban J connectivity index is 2.83. The lowest BCUT2D eigenvalue weighted by Gasteiger charge is -2.23. The molecule has 2 rings (SSSR count). The molecule has 2 aromatic rings. The molecule has 0 aliphatic carbocycles. The predicted octanol–water partition coefficient (Wildman–Crippen LogP) is -0.646. The molecule has 0 radical (unpaired) electrons. The minimum atomic E-state index is -1.78. The molecular weight excluding hydrogens is 488 g/mol. The van der Waals surface area contributed by atoms with Gasteiger partial charge in [-0.05, 0) is 0 Å². The summed E-state index contributed by atoms with van der Waals surface area (Å²) in [4.78, 5) is 74.5. The van der Waals surface area contributed by atoms with E-state index in [9.17, 15) is 28.8 Å². The van der Waals surface area contributed by atoms with Gasteiger partial charge in [-0.1, -0.05) is 0 Å². The number of carbonyl (C=O) groups excluding carboxylic acids is 6. The second-order valence-electron chi connectivity index (χ2n) is 6.65. The van der Waals surface area contributed by atoms with E-state index in [1.165, 1.54) is 0 Å². The number of hydrogen-bond acceptors (Lipinski definition) is 14. The van der Waals surface area contributed by atoms with Crippen LogP contribution >= 0.6 is 0 Å². The molecule has 2 atom stereocenters. The second-order valence-corrected chi connectivity index (χ2v) is 6.65. The first-order valence-corrected chi connectivity index (χ1v) is 9.77. The average molecular weight is 510 g/mol. The highest BCUT2D eigenvalue weighted by Gasteiger charge is 2.42. The van der Waals surface area contributed by atoms with E-state index in [4.69, 9.17) is 9.47 Å². The summed E-state index contributed by atoms with van der Waals surface area (Å²) in [5.41, 5.74) is -1.86. The van der Waals surface area contributed by atoms with E-state index < -0.39 is 70.4 Å². The Bertz CT molecular complexity index is 1040. The van der Waals surface area contributed by atoms with Gasteiger partial charge in [0.25, 0.3) is 0 Å². The first-order chi connectivity index (χ1) is 17.1. The Morgan fingerprint density at radius 2 is 0.861 bits per heavy atom. The summed E-state index contributed by atoms with van der Waals surface area (Å²) >= 11 is 0. The zero-order valence-electron chi connectivity index (χ0n) is 20.0. The van der Waals surface area contributed by atoms with E-state index in [1.54, 1.807) is 0 Å². The Morgan fingerprint density at radius 1 is 0.556 bits per heavy atom. The minimum Gasteiger partial charge on any atom is -0.467 e. The van der Waals surface area contributed by atoms with Crippen molar-refractivity contribution in [2.24, 2.45) is 0 Å². The van der Waals surface area contributed by atoms with Crippen LogP contribution in [0.5, 0.6) is 0 Å². The number of carbonyl (C=O) groups is 6. The number of rotatable bonds is 9. The van der Waals surface area contributed by atoms with E-state index in [2.05, 4.69) is 29.1 Å². The molecule has 0 N–H and O–H groups in total. The van der Waals surface area contributed by atoms with E-state index in [0.29, 0.717) is 0 Å². The van der Waals surface area contributed by atoms with Crippen molar-refractivity contribution in [2.75, 3.05) is 42.7 Å². The fourth-order valence-electron chi connectivity index (χ4n) is 3.09. The van der Waals surface area contributed by atoms with Crippen molar-refractivity contribution in [1.82, 2.24) is 19.6 Å². The molecule has 2 aromatic heterocycles. The highest BCUT2D eigenvalue weighted by atomic mass is 16.5. The molecule has 36 heavy (non-hydrogen) atoms. The standard InChI is InChI=1S/C20H22N4O12/c1-31-15(25)9-7-23(21-11(9)17(27)33-3)13(19(29)35-5)14(20(30)36-6)24-8-10(16(26)32-2)12(22-24)18(28)34-4/h7-8,13-14H,1-6H3. The van der Waals surface area contributed by atoms with Crippen LogP contribution in [0, 0.1) is 0 Å². The molecular formula is C20H22N4O12. The molecule has 0 spiro atoms. The van der Waals surface area contributed by atoms with Crippen molar-refractivity contribution in [3.63, 3.8) is 0 Å². The van der Waals surface area contributed by atoms with Gasteiger partial charge in [-0.15, -0.1) is 0 Å². The van der Waals surface area contributed by atoms with Crippen LogP contribution in [0.25, 0.3) is 0 Å². The maximum Gasteiger partial charge on any atom is 0.359 e. The normalized spacial score (nSPS) is 12.1. The third kappa shape index (κ3) is 5.16. The molecule has 0 aliphatic heterocycles. The van der Waals surface area contributed by atoms with Gasteiger partial charge in [0.05, 0.1) is 42.7 Å². The molecule has 0 fully saturated rings. The molecule has 0 saturated heterocycles. The van der Waals surface area contributed by atoms with E-state index >= 15 is 0 Å². The van der Waals surface area contributed by atoms with Crippen LogP contribution < -0.4 is 0 Å². The van der Waals surface area contributed by atoms with Gasteiger partial charge >= 0.3 is 35.8 Å². The highest BCUT2D eigenvalue weighted by molar-refractivity contribution is 6.02. The van der Waals surface area contributed by atoms with Crippen LogP contribution in [0.2, 0.25) is 0 Å². The van der Waals surface area contributed by atoms with Crippen LogP contribution in [0.15, 0.2) is 12.4 Å². The Kier molecular flexibility index (Phi) is 8.85. The summed E-state index contributed by atoms with van der Waals surface area (Å²) in [6.07, 6.45) is 1.89. The monoisotopic (exact) mass is 510 g/mol. The van der Waals surface area contributed by atoms with Gasteiger partial charge in [0.15, 0.2) is 23.5 Å². The zero-order chi connectivity index (χ0) is 27.2. The van der Waals surface area contributed by atoms with Crippen LogP contribution in [0.3, 0.4) is 0 Å². The van der Waals surface area contributed by atoms with Crippen molar-refractivity contribution in [1.29, 1.82) is 0 Å². The van der Waals surface area contributed by atoms with Gasteiger partial charge in [-0.25, -0.2) is 28.8 Å². The Morgan fingerprint density at radius 3 is 1.11 bits per heavy atom. The summed E-state index contributed by atoms with van der Waals surface area (Å²) in [5, 5.41) is 7.85. The van der Waals surface area contributed by atoms with Crippen LogP contribution in [-0.4, -0.2) is 98.0 Å². The van der Waals surface area contributed by atoms with Crippen molar-refractivity contribution >= 4 is 35.8 Å². The largest absolute Gasteiger partial charge is 0.467 e. The molecule has 16 heteroatoms. The lowest BCUT2D eigenvalue weighted by molar-refractivity contribution is -0.156. The molecule has 16 nitrogen and oxygen atoms in total. The Hall–Kier alpha value is -4.76. The van der Waals surface area contributed by atoms with Crippen molar-refractivity contribution in [2.45, 2.75) is 12.1 Å². The maximum atomic E-state index is 12.9. The summed E-state index contributed by atoms with van der Waals surface area (Å²) in [6.45, 7) is 0. The summed E-state index contributed by atoms with van der Waals surface area (Å²) in [7, 11) is 6.15. The number of hydrogen-bond donors (Lipinski definition) is 0. The highest BCUT2D eigenvalue weighted by Crippen LogP contribution is 2.29. The molecule has 0 saturated carbocycles. The van der Waals surface area contributed by atoms with E-state index in [-0.39, 0.29) is 0 Å². The second kappa shape index (κ2) is 11.6.